The zero-order valence-electron chi connectivity index (χ0n) is 18.9. The molecule has 0 bridgehead atoms. The van der Waals surface area contributed by atoms with Gasteiger partial charge in [0.05, 0.1) is 6.42 Å². The summed E-state index contributed by atoms with van der Waals surface area (Å²) in [6.45, 7) is 2.74. The van der Waals surface area contributed by atoms with E-state index in [2.05, 4.69) is 10.6 Å². The van der Waals surface area contributed by atoms with Crippen LogP contribution in [0.3, 0.4) is 0 Å². The zero-order valence-corrected chi connectivity index (χ0v) is 19.8. The Balaban J connectivity index is 1.35. The molecule has 0 radical (unpaired) electrons. The summed E-state index contributed by atoms with van der Waals surface area (Å²) < 4.78 is 37.3. The molecule has 1 fully saturated rings. The molecule has 2 aliphatic heterocycles. The summed E-state index contributed by atoms with van der Waals surface area (Å²) in [5.74, 6) is -0.772. The Morgan fingerprint density at radius 1 is 1.17 bits per heavy atom. The second-order valence-electron chi connectivity index (χ2n) is 8.41. The van der Waals surface area contributed by atoms with Crippen molar-refractivity contribution >= 4 is 35.2 Å². The van der Waals surface area contributed by atoms with Crippen molar-refractivity contribution in [3.8, 4) is 0 Å². The molecule has 2 aliphatic rings. The Morgan fingerprint density at radius 2 is 1.89 bits per heavy atom. The third kappa shape index (κ3) is 6.05. The van der Waals surface area contributed by atoms with Crippen molar-refractivity contribution in [1.29, 1.82) is 0 Å². The number of hydrogen-bond donors (Lipinski definition) is 2. The Morgan fingerprint density at radius 3 is 2.54 bits per heavy atom. The highest BCUT2D eigenvalue weighted by atomic mass is 32.2. The van der Waals surface area contributed by atoms with Crippen LogP contribution < -0.4 is 10.6 Å². The number of carbonyl (C=O) groups excluding carboxylic acids is 3. The fourth-order valence-corrected chi connectivity index (χ4v) is 4.94. The smallest absolute Gasteiger partial charge is 0.355 e. The number of benzene rings is 2. The van der Waals surface area contributed by atoms with Gasteiger partial charge in [-0.3, -0.25) is 19.7 Å². The van der Waals surface area contributed by atoms with Crippen LogP contribution >= 0.6 is 11.8 Å². The van der Waals surface area contributed by atoms with Crippen molar-refractivity contribution in [2.75, 3.05) is 0 Å². The van der Waals surface area contributed by atoms with Gasteiger partial charge in [-0.15, -0.1) is 0 Å². The molecule has 2 heterocycles. The molecule has 0 saturated carbocycles. The number of fused-ring (bicyclic) bond motifs is 1. The number of rotatable bonds is 6. The summed E-state index contributed by atoms with van der Waals surface area (Å²) in [6.07, 6.45) is 2.79. The highest BCUT2D eigenvalue weighted by molar-refractivity contribution is 8.00. The van der Waals surface area contributed by atoms with Gasteiger partial charge in [-0.2, -0.15) is 13.2 Å². The van der Waals surface area contributed by atoms with Crippen LogP contribution in [-0.4, -0.2) is 34.2 Å². The highest BCUT2D eigenvalue weighted by Gasteiger charge is 2.36. The third-order valence-electron chi connectivity index (χ3n) is 5.97. The topological polar surface area (TPSA) is 78.5 Å². The summed E-state index contributed by atoms with van der Waals surface area (Å²) in [5.41, 5.74) is 0.172. The molecule has 2 N–H and O–H groups in total. The number of alkyl halides is 3. The molecular weight excluding hydrogens is 479 g/mol. The van der Waals surface area contributed by atoms with Crippen LogP contribution in [0.4, 0.5) is 13.2 Å². The van der Waals surface area contributed by atoms with E-state index in [4.69, 9.17) is 0 Å². The first-order valence-corrected chi connectivity index (χ1v) is 11.9. The van der Waals surface area contributed by atoms with Crippen LogP contribution in [0, 0.1) is 0 Å². The number of allylic oxidation sites excluding steroid dienone is 1. The van der Waals surface area contributed by atoms with Crippen molar-refractivity contribution in [3.05, 3.63) is 70.8 Å². The molecule has 35 heavy (non-hydrogen) atoms. The Bertz CT molecular complexity index is 1180. The summed E-state index contributed by atoms with van der Waals surface area (Å²) in [6, 6.07) is 11.2. The number of thioether (sulfide) groups is 1. The number of carbonyl (C=O) groups is 3. The second kappa shape index (κ2) is 10.2. The summed E-state index contributed by atoms with van der Waals surface area (Å²) in [4.78, 5) is 38.3. The van der Waals surface area contributed by atoms with E-state index < -0.39 is 11.6 Å². The van der Waals surface area contributed by atoms with Gasteiger partial charge in [0.2, 0.25) is 17.7 Å². The zero-order chi connectivity index (χ0) is 25.2. The van der Waals surface area contributed by atoms with E-state index in [-0.39, 0.29) is 40.8 Å². The van der Waals surface area contributed by atoms with E-state index in [1.54, 1.807) is 0 Å². The number of nitrogens with one attached hydrogen (secondary N) is 2. The SMILES string of the molecule is CC=C1c2ccc(CNC(=O)Cc3ccc(SC(F)(F)F)cc3)cc2CN1C1CCC(=O)NC1=O. The second-order valence-corrected chi connectivity index (χ2v) is 9.54. The van der Waals surface area contributed by atoms with Crippen molar-refractivity contribution < 1.29 is 27.6 Å². The highest BCUT2D eigenvalue weighted by Crippen LogP contribution is 2.37. The van der Waals surface area contributed by atoms with Gasteiger partial charge in [0.15, 0.2) is 0 Å². The van der Waals surface area contributed by atoms with E-state index in [9.17, 15) is 27.6 Å². The van der Waals surface area contributed by atoms with Crippen LogP contribution in [-0.2, 0) is 33.9 Å². The fourth-order valence-electron chi connectivity index (χ4n) is 4.40. The standard InChI is InChI=1S/C25H24F3N3O3S/c1-2-20-19-8-5-16(11-17(19)14-31(20)21-9-10-22(32)30-24(21)34)13-29-23(33)12-15-3-6-18(7-4-15)35-25(26,27)28/h2-8,11,21H,9-10,12-14H2,1H3,(H,29,33)(H,30,32,34). The maximum atomic E-state index is 12.4. The maximum absolute atomic E-state index is 12.4. The van der Waals surface area contributed by atoms with Gasteiger partial charge < -0.3 is 10.2 Å². The Kier molecular flexibility index (Phi) is 7.20. The predicted molar refractivity (Wildman–Crippen MR) is 126 cm³/mol. The van der Waals surface area contributed by atoms with E-state index in [0.717, 1.165) is 22.4 Å². The van der Waals surface area contributed by atoms with Gasteiger partial charge in [-0.1, -0.05) is 36.4 Å². The minimum Gasteiger partial charge on any atom is -0.355 e. The molecule has 1 saturated heterocycles. The molecule has 1 unspecified atom stereocenters. The number of hydrogen-bond acceptors (Lipinski definition) is 5. The number of nitrogens with zero attached hydrogens (tertiary/aromatic N) is 1. The molecule has 184 valence electrons. The molecule has 4 rings (SSSR count). The molecule has 1 atom stereocenters. The lowest BCUT2D eigenvalue weighted by molar-refractivity contribution is -0.136. The lowest BCUT2D eigenvalue weighted by Gasteiger charge is -2.32. The van der Waals surface area contributed by atoms with E-state index in [0.29, 0.717) is 31.5 Å². The van der Waals surface area contributed by atoms with Crippen molar-refractivity contribution in [1.82, 2.24) is 15.5 Å². The van der Waals surface area contributed by atoms with Crippen molar-refractivity contribution in [2.24, 2.45) is 0 Å². The first-order valence-electron chi connectivity index (χ1n) is 11.1. The fraction of sp³-hybridized carbons (Fsp3) is 0.320. The number of halogens is 3. The minimum absolute atomic E-state index is 0.0634. The van der Waals surface area contributed by atoms with Crippen LogP contribution in [0.5, 0.6) is 0 Å². The third-order valence-corrected chi connectivity index (χ3v) is 6.71. The first-order chi connectivity index (χ1) is 16.6. The molecule has 0 spiro atoms. The van der Waals surface area contributed by atoms with Gasteiger partial charge in [-0.25, -0.2) is 0 Å². The minimum atomic E-state index is -4.35. The average molecular weight is 504 g/mol. The van der Waals surface area contributed by atoms with Crippen LogP contribution in [0.1, 0.15) is 42.0 Å². The molecule has 0 aromatic heterocycles. The Labute approximate surface area is 204 Å². The number of amides is 3. The van der Waals surface area contributed by atoms with E-state index in [1.165, 1.54) is 24.3 Å². The van der Waals surface area contributed by atoms with Crippen molar-refractivity contribution in [3.63, 3.8) is 0 Å². The van der Waals surface area contributed by atoms with Crippen LogP contribution in [0.15, 0.2) is 53.4 Å². The summed E-state index contributed by atoms with van der Waals surface area (Å²) in [7, 11) is 0. The van der Waals surface area contributed by atoms with Gasteiger partial charge in [-0.05, 0) is 53.9 Å². The predicted octanol–water partition coefficient (Wildman–Crippen LogP) is 4.14. The molecule has 6 nitrogen and oxygen atoms in total. The van der Waals surface area contributed by atoms with Gasteiger partial charge in [0.1, 0.15) is 6.04 Å². The van der Waals surface area contributed by atoms with Gasteiger partial charge in [0.25, 0.3) is 0 Å². The molecular formula is C25H24F3N3O3S. The summed E-state index contributed by atoms with van der Waals surface area (Å²) in [5, 5.41) is 5.26. The van der Waals surface area contributed by atoms with Crippen LogP contribution in [0.25, 0.3) is 5.70 Å². The first kappa shape index (κ1) is 24.8. The van der Waals surface area contributed by atoms with Crippen molar-refractivity contribution in [2.45, 2.75) is 55.7 Å². The average Bonchev–Trinajstić information content (AvgIpc) is 3.15. The summed E-state index contributed by atoms with van der Waals surface area (Å²) >= 11 is -0.188. The Hall–Kier alpha value is -3.27. The monoisotopic (exact) mass is 503 g/mol. The maximum Gasteiger partial charge on any atom is 0.446 e. The van der Waals surface area contributed by atoms with Gasteiger partial charge >= 0.3 is 5.51 Å². The number of piperidine rings is 1. The molecule has 2 aromatic carbocycles. The molecule has 10 heteroatoms. The lowest BCUT2D eigenvalue weighted by Crippen LogP contribution is -2.50. The molecule has 3 amide bonds. The molecule has 2 aromatic rings. The normalized spacial score (nSPS) is 19.0. The van der Waals surface area contributed by atoms with E-state index in [1.807, 2.05) is 36.1 Å². The van der Waals surface area contributed by atoms with Crippen LogP contribution in [0.2, 0.25) is 0 Å². The van der Waals surface area contributed by atoms with Gasteiger partial charge in [0, 0.05) is 35.7 Å². The lowest BCUT2D eigenvalue weighted by atomic mass is 10.0. The quantitative estimate of drug-likeness (QED) is 0.458. The largest absolute Gasteiger partial charge is 0.446 e. The number of imide groups is 1. The molecule has 0 aliphatic carbocycles. The van der Waals surface area contributed by atoms with E-state index >= 15 is 0 Å².